The molecule has 0 spiro atoms. The summed E-state index contributed by atoms with van der Waals surface area (Å²) in [6, 6.07) is 7.89. The molecule has 0 saturated carbocycles. The highest BCUT2D eigenvalue weighted by molar-refractivity contribution is 7.14. The molecular formula is C27H27Cl2FN2O4S. The molecule has 2 aromatic carbocycles. The number of halogens is 3. The van der Waals surface area contributed by atoms with E-state index in [2.05, 4.69) is 10.3 Å². The number of anilines is 1. The number of carbonyl (C=O) groups is 2. The summed E-state index contributed by atoms with van der Waals surface area (Å²) < 4.78 is 21.5. The number of carboxylic acid groups (broad SMARTS) is 1. The van der Waals surface area contributed by atoms with Crippen LogP contribution in [-0.2, 0) is 9.53 Å². The predicted molar refractivity (Wildman–Crippen MR) is 147 cm³/mol. The SMILES string of the molecule is CCOC(c1cccc(-c2csc(NC(=O)c3cc(Cl)c(/C=C(\C)C(=O)O)c(Cl)c3)n2)c1F)C(C)(C)C. The van der Waals surface area contributed by atoms with Crippen molar-refractivity contribution in [1.82, 2.24) is 4.98 Å². The third kappa shape index (κ3) is 6.76. The summed E-state index contributed by atoms with van der Waals surface area (Å²) in [6.07, 6.45) is 0.891. The lowest BCUT2D eigenvalue weighted by Crippen LogP contribution is -2.22. The van der Waals surface area contributed by atoms with Crippen molar-refractivity contribution in [1.29, 1.82) is 0 Å². The molecule has 0 saturated heterocycles. The zero-order valence-electron chi connectivity index (χ0n) is 21.0. The van der Waals surface area contributed by atoms with Crippen molar-refractivity contribution in [3.8, 4) is 11.3 Å². The molecule has 196 valence electrons. The standard InChI is InChI=1S/C27H27Cl2FN2O4S/c1-6-36-23(27(3,4)5)17-9-7-8-16(22(17)30)21-13-37-26(31-21)32-24(33)15-11-19(28)18(20(29)12-15)10-14(2)25(34)35/h7-13,23H,6H2,1-5H3,(H,34,35)(H,31,32,33)/b14-10+. The molecule has 0 aliphatic carbocycles. The van der Waals surface area contributed by atoms with Crippen LogP contribution in [0.5, 0.6) is 0 Å². The molecule has 2 N–H and O–H groups in total. The second-order valence-electron chi connectivity index (χ2n) is 9.39. The van der Waals surface area contributed by atoms with Crippen LogP contribution in [0.2, 0.25) is 10.0 Å². The van der Waals surface area contributed by atoms with E-state index in [0.29, 0.717) is 29.0 Å². The van der Waals surface area contributed by atoms with E-state index in [-0.39, 0.29) is 31.7 Å². The highest BCUT2D eigenvalue weighted by atomic mass is 35.5. The largest absolute Gasteiger partial charge is 0.478 e. The van der Waals surface area contributed by atoms with Gasteiger partial charge in [0.1, 0.15) is 5.82 Å². The summed E-state index contributed by atoms with van der Waals surface area (Å²) in [5, 5.41) is 13.9. The topological polar surface area (TPSA) is 88.5 Å². The van der Waals surface area contributed by atoms with Gasteiger partial charge in [0.05, 0.1) is 21.8 Å². The van der Waals surface area contributed by atoms with Crippen molar-refractivity contribution in [2.75, 3.05) is 11.9 Å². The first-order valence-corrected chi connectivity index (χ1v) is 13.0. The summed E-state index contributed by atoms with van der Waals surface area (Å²) in [7, 11) is 0. The Morgan fingerprint density at radius 3 is 2.46 bits per heavy atom. The van der Waals surface area contributed by atoms with E-state index in [4.69, 9.17) is 33.0 Å². The number of ether oxygens (including phenoxy) is 1. The quantitative estimate of drug-likeness (QED) is 0.269. The number of carbonyl (C=O) groups excluding carboxylic acids is 1. The monoisotopic (exact) mass is 564 g/mol. The normalized spacial score (nSPS) is 12.9. The first kappa shape index (κ1) is 28.8. The number of aliphatic carboxylic acids is 1. The van der Waals surface area contributed by atoms with Gasteiger partial charge in [0, 0.05) is 39.8 Å². The van der Waals surface area contributed by atoms with Gasteiger partial charge in [-0.3, -0.25) is 10.1 Å². The minimum atomic E-state index is -1.11. The molecule has 6 nitrogen and oxygen atoms in total. The van der Waals surface area contributed by atoms with Crippen LogP contribution in [0.4, 0.5) is 9.52 Å². The number of nitrogens with zero attached hydrogens (tertiary/aromatic N) is 1. The lowest BCUT2D eigenvalue weighted by atomic mass is 9.83. The molecule has 37 heavy (non-hydrogen) atoms. The lowest BCUT2D eigenvalue weighted by molar-refractivity contribution is -0.132. The molecular weight excluding hydrogens is 538 g/mol. The van der Waals surface area contributed by atoms with Gasteiger partial charge in [-0.25, -0.2) is 14.2 Å². The van der Waals surface area contributed by atoms with E-state index in [1.54, 1.807) is 23.6 Å². The van der Waals surface area contributed by atoms with Gasteiger partial charge in [-0.15, -0.1) is 11.3 Å². The van der Waals surface area contributed by atoms with E-state index < -0.39 is 23.8 Å². The average molecular weight is 565 g/mol. The Kier molecular flexibility index (Phi) is 9.13. The van der Waals surface area contributed by atoms with Gasteiger partial charge in [0.15, 0.2) is 5.13 Å². The zero-order valence-corrected chi connectivity index (χ0v) is 23.3. The molecule has 1 heterocycles. The second-order valence-corrected chi connectivity index (χ2v) is 11.1. The number of hydrogen-bond acceptors (Lipinski definition) is 5. The molecule has 1 aromatic heterocycles. The average Bonchev–Trinajstić information content (AvgIpc) is 3.27. The van der Waals surface area contributed by atoms with E-state index in [0.717, 1.165) is 11.3 Å². The van der Waals surface area contributed by atoms with Crippen LogP contribution in [0.15, 0.2) is 41.3 Å². The van der Waals surface area contributed by atoms with E-state index >= 15 is 4.39 Å². The van der Waals surface area contributed by atoms with Crippen LogP contribution in [0.3, 0.4) is 0 Å². The highest BCUT2D eigenvalue weighted by Gasteiger charge is 2.30. The number of amides is 1. The van der Waals surface area contributed by atoms with Crippen molar-refractivity contribution in [3.63, 3.8) is 0 Å². The van der Waals surface area contributed by atoms with Crippen LogP contribution in [-0.4, -0.2) is 28.6 Å². The Labute approximate surface area is 229 Å². The van der Waals surface area contributed by atoms with Gasteiger partial charge in [-0.2, -0.15) is 0 Å². The molecule has 3 aromatic rings. The summed E-state index contributed by atoms with van der Waals surface area (Å²) >= 11 is 13.7. The van der Waals surface area contributed by atoms with Crippen molar-refractivity contribution in [3.05, 3.63) is 73.8 Å². The number of benzene rings is 2. The Morgan fingerprint density at radius 2 is 1.89 bits per heavy atom. The van der Waals surface area contributed by atoms with E-state index in [1.165, 1.54) is 25.1 Å². The van der Waals surface area contributed by atoms with Crippen molar-refractivity contribution in [2.45, 2.75) is 40.7 Å². The summed E-state index contributed by atoms with van der Waals surface area (Å²) in [4.78, 5) is 28.3. The number of carboxylic acids is 1. The maximum absolute atomic E-state index is 15.6. The molecule has 1 atom stereocenters. The molecule has 0 fully saturated rings. The second kappa shape index (κ2) is 11.7. The summed E-state index contributed by atoms with van der Waals surface area (Å²) in [5.74, 6) is -2.05. The number of nitrogens with one attached hydrogen (secondary N) is 1. The highest BCUT2D eigenvalue weighted by Crippen LogP contribution is 2.40. The van der Waals surface area contributed by atoms with Crippen molar-refractivity contribution >= 4 is 57.6 Å². The number of hydrogen-bond donors (Lipinski definition) is 2. The van der Waals surface area contributed by atoms with Gasteiger partial charge in [-0.1, -0.05) is 56.1 Å². The predicted octanol–water partition coefficient (Wildman–Crippen LogP) is 8.12. The fraction of sp³-hybridized carbons (Fsp3) is 0.296. The third-order valence-corrected chi connectivity index (χ3v) is 6.85. The maximum atomic E-state index is 15.6. The van der Waals surface area contributed by atoms with Crippen LogP contribution >= 0.6 is 34.5 Å². The number of rotatable bonds is 8. The minimum absolute atomic E-state index is 0.0442. The Hall–Kier alpha value is -2.78. The fourth-order valence-corrected chi connectivity index (χ4v) is 4.98. The molecule has 0 radical (unpaired) electrons. The first-order valence-electron chi connectivity index (χ1n) is 11.4. The molecule has 1 unspecified atom stereocenters. The van der Waals surface area contributed by atoms with Crippen LogP contribution < -0.4 is 5.32 Å². The van der Waals surface area contributed by atoms with Crippen LogP contribution in [0.25, 0.3) is 17.3 Å². The lowest BCUT2D eigenvalue weighted by Gasteiger charge is -2.31. The van der Waals surface area contributed by atoms with Crippen molar-refractivity contribution in [2.24, 2.45) is 5.41 Å². The van der Waals surface area contributed by atoms with E-state index in [9.17, 15) is 9.59 Å². The molecule has 0 aliphatic rings. The summed E-state index contributed by atoms with van der Waals surface area (Å²) in [6.45, 7) is 9.70. The number of thiazole rings is 1. The first-order chi connectivity index (χ1) is 17.3. The van der Waals surface area contributed by atoms with E-state index in [1.807, 2.05) is 27.7 Å². The molecule has 10 heteroatoms. The van der Waals surface area contributed by atoms with Crippen LogP contribution in [0.1, 0.15) is 62.2 Å². The number of aromatic nitrogens is 1. The maximum Gasteiger partial charge on any atom is 0.331 e. The minimum Gasteiger partial charge on any atom is -0.478 e. The van der Waals surface area contributed by atoms with Gasteiger partial charge in [0.2, 0.25) is 0 Å². The third-order valence-electron chi connectivity index (χ3n) is 5.47. The summed E-state index contributed by atoms with van der Waals surface area (Å²) in [5.41, 5.74) is 1.31. The van der Waals surface area contributed by atoms with Gasteiger partial charge in [-0.05, 0) is 43.5 Å². The molecule has 3 rings (SSSR count). The zero-order chi connectivity index (χ0) is 27.5. The Balaban J connectivity index is 1.86. The molecule has 1 amide bonds. The molecule has 0 aliphatic heterocycles. The fourth-order valence-electron chi connectivity index (χ4n) is 3.68. The van der Waals surface area contributed by atoms with Crippen LogP contribution in [0, 0.1) is 11.2 Å². The van der Waals surface area contributed by atoms with Crippen molar-refractivity contribution < 1.29 is 23.8 Å². The van der Waals surface area contributed by atoms with Gasteiger partial charge < -0.3 is 9.84 Å². The molecule has 0 bridgehead atoms. The van der Waals surface area contributed by atoms with Gasteiger partial charge in [0.25, 0.3) is 5.91 Å². The van der Waals surface area contributed by atoms with Gasteiger partial charge >= 0.3 is 5.97 Å². The Bertz CT molecular complexity index is 1340. The Morgan fingerprint density at radius 1 is 1.24 bits per heavy atom. The smallest absolute Gasteiger partial charge is 0.331 e.